The molecule has 0 saturated heterocycles. The lowest BCUT2D eigenvalue weighted by Crippen LogP contribution is -2.45. The molecule has 1 aliphatic carbocycles. The average molecular weight is 281 g/mol. The average Bonchev–Trinajstić information content (AvgIpc) is 2.33. The highest BCUT2D eigenvalue weighted by Gasteiger charge is 2.45. The summed E-state index contributed by atoms with van der Waals surface area (Å²) in [5.41, 5.74) is 1.73. The molecule has 1 spiro atoms. The number of carbonyl (C=O) groups is 1. The number of hydrogen-bond donors (Lipinski definition) is 2. The van der Waals surface area contributed by atoms with Gasteiger partial charge in [0.1, 0.15) is 0 Å². The second kappa shape index (κ2) is 3.48. The zero-order valence-corrected chi connectivity index (χ0v) is 10.4. The maximum atomic E-state index is 12.1. The van der Waals surface area contributed by atoms with Gasteiger partial charge in [-0.25, -0.2) is 0 Å². The third-order valence-electron chi connectivity index (χ3n) is 3.64. The molecule has 0 bridgehead atoms. The van der Waals surface area contributed by atoms with E-state index in [2.05, 4.69) is 26.6 Å². The number of benzene rings is 1. The van der Waals surface area contributed by atoms with E-state index in [4.69, 9.17) is 0 Å². The van der Waals surface area contributed by atoms with Gasteiger partial charge >= 0.3 is 0 Å². The molecule has 1 aromatic carbocycles. The summed E-state index contributed by atoms with van der Waals surface area (Å²) in [5, 5.41) is 6.40. The van der Waals surface area contributed by atoms with E-state index >= 15 is 0 Å². The van der Waals surface area contributed by atoms with Crippen molar-refractivity contribution in [2.75, 3.05) is 17.2 Å². The molecule has 1 aromatic rings. The SMILES string of the molecule is O=C1Nc2ccc(Br)cc2NCC12CCC2. The Morgan fingerprint density at radius 3 is 2.75 bits per heavy atom. The minimum Gasteiger partial charge on any atom is -0.382 e. The predicted molar refractivity (Wildman–Crippen MR) is 67.5 cm³/mol. The Bertz CT molecular complexity index is 454. The van der Waals surface area contributed by atoms with Crippen LogP contribution >= 0.6 is 15.9 Å². The van der Waals surface area contributed by atoms with E-state index in [1.807, 2.05) is 18.2 Å². The number of nitrogens with one attached hydrogen (secondary N) is 2. The van der Waals surface area contributed by atoms with Crippen molar-refractivity contribution < 1.29 is 4.79 Å². The molecule has 1 fully saturated rings. The zero-order chi connectivity index (χ0) is 11.2. The van der Waals surface area contributed by atoms with Gasteiger partial charge in [0, 0.05) is 11.0 Å². The topological polar surface area (TPSA) is 41.1 Å². The summed E-state index contributed by atoms with van der Waals surface area (Å²) in [5.74, 6) is 0.173. The number of halogens is 1. The molecule has 4 heteroatoms. The third-order valence-corrected chi connectivity index (χ3v) is 4.13. The Kier molecular flexibility index (Phi) is 2.21. The summed E-state index contributed by atoms with van der Waals surface area (Å²) in [4.78, 5) is 12.1. The second-order valence-corrected chi connectivity index (χ2v) is 5.55. The normalized spacial score (nSPS) is 21.4. The lowest BCUT2D eigenvalue weighted by molar-refractivity contribution is -0.129. The molecule has 0 unspecified atom stereocenters. The highest BCUT2D eigenvalue weighted by atomic mass is 79.9. The summed E-state index contributed by atoms with van der Waals surface area (Å²) in [6, 6.07) is 5.88. The third kappa shape index (κ3) is 1.44. The Morgan fingerprint density at radius 1 is 1.25 bits per heavy atom. The number of anilines is 2. The van der Waals surface area contributed by atoms with Gasteiger partial charge in [-0.15, -0.1) is 0 Å². The van der Waals surface area contributed by atoms with E-state index in [0.29, 0.717) is 0 Å². The smallest absolute Gasteiger partial charge is 0.232 e. The molecule has 84 valence electrons. The summed E-state index contributed by atoms with van der Waals surface area (Å²) in [7, 11) is 0. The summed E-state index contributed by atoms with van der Waals surface area (Å²) in [6.45, 7) is 0.752. The monoisotopic (exact) mass is 280 g/mol. The van der Waals surface area contributed by atoms with Crippen molar-refractivity contribution in [1.29, 1.82) is 0 Å². The van der Waals surface area contributed by atoms with Crippen LogP contribution in [0.25, 0.3) is 0 Å². The first kappa shape index (κ1) is 10.1. The van der Waals surface area contributed by atoms with Crippen molar-refractivity contribution in [3.05, 3.63) is 22.7 Å². The van der Waals surface area contributed by atoms with Crippen LogP contribution in [0.5, 0.6) is 0 Å². The van der Waals surface area contributed by atoms with Crippen molar-refractivity contribution in [3.63, 3.8) is 0 Å². The Labute approximate surface area is 103 Å². The maximum absolute atomic E-state index is 12.1. The van der Waals surface area contributed by atoms with Crippen molar-refractivity contribution >= 4 is 33.2 Å². The van der Waals surface area contributed by atoms with Crippen LogP contribution in [0.4, 0.5) is 11.4 Å². The van der Waals surface area contributed by atoms with Gasteiger partial charge in [-0.1, -0.05) is 22.4 Å². The van der Waals surface area contributed by atoms with Crippen molar-refractivity contribution in [2.45, 2.75) is 19.3 Å². The van der Waals surface area contributed by atoms with Crippen molar-refractivity contribution in [2.24, 2.45) is 5.41 Å². The minimum atomic E-state index is -0.161. The first-order chi connectivity index (χ1) is 7.70. The molecule has 1 saturated carbocycles. The molecule has 1 amide bonds. The molecule has 3 nitrogen and oxygen atoms in total. The lowest BCUT2D eigenvalue weighted by atomic mass is 9.68. The molecule has 1 aliphatic heterocycles. The van der Waals surface area contributed by atoms with E-state index in [9.17, 15) is 4.79 Å². The molecule has 0 atom stereocenters. The van der Waals surface area contributed by atoms with Gasteiger partial charge in [-0.2, -0.15) is 0 Å². The van der Waals surface area contributed by atoms with Gasteiger partial charge in [-0.05, 0) is 31.0 Å². The molecule has 16 heavy (non-hydrogen) atoms. The second-order valence-electron chi connectivity index (χ2n) is 4.63. The number of carbonyl (C=O) groups excluding carboxylic acids is 1. The Morgan fingerprint density at radius 2 is 2.06 bits per heavy atom. The van der Waals surface area contributed by atoms with Crippen LogP contribution in [-0.4, -0.2) is 12.5 Å². The van der Waals surface area contributed by atoms with E-state index < -0.39 is 0 Å². The summed E-state index contributed by atoms with van der Waals surface area (Å²) >= 11 is 3.44. The molecular formula is C12H13BrN2O. The van der Waals surface area contributed by atoms with Gasteiger partial charge in [0.05, 0.1) is 16.8 Å². The lowest BCUT2D eigenvalue weighted by Gasteiger charge is -2.38. The number of rotatable bonds is 0. The predicted octanol–water partition coefficient (Wildman–Crippen LogP) is 2.98. The minimum absolute atomic E-state index is 0.161. The van der Waals surface area contributed by atoms with Gasteiger partial charge in [0.25, 0.3) is 0 Å². The fourth-order valence-electron chi connectivity index (χ4n) is 2.38. The fraction of sp³-hybridized carbons (Fsp3) is 0.417. The van der Waals surface area contributed by atoms with Gasteiger partial charge < -0.3 is 10.6 Å². The molecule has 2 N–H and O–H groups in total. The molecule has 2 aliphatic rings. The quantitative estimate of drug-likeness (QED) is 0.767. The largest absolute Gasteiger partial charge is 0.382 e. The summed E-state index contributed by atoms with van der Waals surface area (Å²) < 4.78 is 1.03. The molecular weight excluding hydrogens is 268 g/mol. The molecule has 0 aromatic heterocycles. The van der Waals surface area contributed by atoms with Crippen LogP contribution in [-0.2, 0) is 4.79 Å². The number of fused-ring (bicyclic) bond motifs is 1. The fourth-order valence-corrected chi connectivity index (χ4v) is 2.74. The van der Waals surface area contributed by atoms with Crippen LogP contribution in [0.15, 0.2) is 22.7 Å². The van der Waals surface area contributed by atoms with E-state index in [0.717, 1.165) is 41.7 Å². The maximum Gasteiger partial charge on any atom is 0.232 e. The Hall–Kier alpha value is -1.03. The highest BCUT2D eigenvalue weighted by Crippen LogP contribution is 2.44. The van der Waals surface area contributed by atoms with Crippen LogP contribution in [0.1, 0.15) is 19.3 Å². The van der Waals surface area contributed by atoms with Crippen LogP contribution in [0.2, 0.25) is 0 Å². The van der Waals surface area contributed by atoms with Gasteiger partial charge in [0.15, 0.2) is 0 Å². The Balaban J connectivity index is 1.96. The highest BCUT2D eigenvalue weighted by molar-refractivity contribution is 9.10. The number of amides is 1. The van der Waals surface area contributed by atoms with Crippen molar-refractivity contribution in [3.8, 4) is 0 Å². The van der Waals surface area contributed by atoms with Gasteiger partial charge in [-0.3, -0.25) is 4.79 Å². The standard InChI is InChI=1S/C12H13BrN2O/c13-8-2-3-9-10(6-8)14-7-12(4-1-5-12)11(16)15-9/h2-3,6,14H,1,4-5,7H2,(H,15,16). The zero-order valence-electron chi connectivity index (χ0n) is 8.85. The van der Waals surface area contributed by atoms with Gasteiger partial charge in [0.2, 0.25) is 5.91 Å². The van der Waals surface area contributed by atoms with Crippen LogP contribution < -0.4 is 10.6 Å². The summed E-state index contributed by atoms with van der Waals surface area (Å²) in [6.07, 6.45) is 3.16. The molecule has 0 radical (unpaired) electrons. The molecule has 3 rings (SSSR count). The van der Waals surface area contributed by atoms with E-state index in [1.165, 1.54) is 0 Å². The first-order valence-electron chi connectivity index (χ1n) is 5.55. The van der Waals surface area contributed by atoms with Crippen LogP contribution in [0.3, 0.4) is 0 Å². The van der Waals surface area contributed by atoms with E-state index in [1.54, 1.807) is 0 Å². The van der Waals surface area contributed by atoms with Crippen molar-refractivity contribution in [1.82, 2.24) is 0 Å². The number of hydrogen-bond acceptors (Lipinski definition) is 2. The first-order valence-corrected chi connectivity index (χ1v) is 6.34. The molecule has 1 heterocycles. The van der Waals surface area contributed by atoms with Crippen LogP contribution in [0, 0.1) is 5.41 Å². The van der Waals surface area contributed by atoms with E-state index in [-0.39, 0.29) is 11.3 Å².